The fourth-order valence-electron chi connectivity index (χ4n) is 4.24. The second-order valence-electron chi connectivity index (χ2n) is 12.9. The first-order valence-electron chi connectivity index (χ1n) is 14.7. The summed E-state index contributed by atoms with van der Waals surface area (Å²) in [6.07, 6.45) is -4.91. The summed E-state index contributed by atoms with van der Waals surface area (Å²) in [5.41, 5.74) is 3.49. The van der Waals surface area contributed by atoms with E-state index in [1.165, 1.54) is 10.9 Å². The summed E-state index contributed by atoms with van der Waals surface area (Å²) in [5, 5.41) is 21.8. The van der Waals surface area contributed by atoms with Gasteiger partial charge in [-0.15, -0.1) is 0 Å². The fourth-order valence-corrected chi connectivity index (χ4v) is 4.24. The van der Waals surface area contributed by atoms with Gasteiger partial charge in [0.15, 0.2) is 17.4 Å². The average Bonchev–Trinajstić information content (AvgIpc) is 3.45. The summed E-state index contributed by atoms with van der Waals surface area (Å²) in [7, 11) is 0. The third-order valence-corrected chi connectivity index (χ3v) is 6.24. The van der Waals surface area contributed by atoms with Crippen LogP contribution in [0.5, 0.6) is 0 Å². The molecule has 1 fully saturated rings. The number of fused-ring (bicyclic) bond motifs is 1. The SMILES string of the molecule is CC(C)C(=O)OC[C@H]1O[C@@H](n2cnc3c(=O)[nH]c(N)nc32)[C@H](OCCCN(C(=N)NC(=O)OC(C)(C)C)C(=O)OC(C)(C)C)[C@@H]1O. The van der Waals surface area contributed by atoms with Gasteiger partial charge in [0.05, 0.1) is 12.2 Å². The number of alkyl carbamates (subject to hydrolysis) is 1. The zero-order chi connectivity index (χ0) is 34.6. The fraction of sp³-hybridized carbons (Fsp3) is 0.679. The zero-order valence-corrected chi connectivity index (χ0v) is 27.3. The van der Waals surface area contributed by atoms with Crippen LogP contribution >= 0.6 is 0 Å². The van der Waals surface area contributed by atoms with E-state index < -0.39 is 71.3 Å². The highest BCUT2D eigenvalue weighted by molar-refractivity contribution is 5.99. The number of amides is 2. The van der Waals surface area contributed by atoms with Gasteiger partial charge in [-0.2, -0.15) is 4.98 Å². The molecule has 6 N–H and O–H groups in total. The minimum Gasteiger partial charge on any atom is -0.463 e. The molecule has 1 saturated heterocycles. The van der Waals surface area contributed by atoms with Crippen LogP contribution in [0.15, 0.2) is 11.1 Å². The number of guanidine groups is 1. The number of carbonyl (C=O) groups is 3. The number of nitrogen functional groups attached to an aromatic ring is 1. The van der Waals surface area contributed by atoms with E-state index in [1.54, 1.807) is 55.4 Å². The number of nitrogens with two attached hydrogens (primary N) is 1. The number of aliphatic hydroxyl groups excluding tert-OH is 1. The van der Waals surface area contributed by atoms with Crippen LogP contribution in [0.2, 0.25) is 0 Å². The van der Waals surface area contributed by atoms with Gasteiger partial charge in [-0.05, 0) is 48.0 Å². The smallest absolute Gasteiger partial charge is 0.417 e. The molecule has 0 aliphatic carbocycles. The van der Waals surface area contributed by atoms with Crippen LogP contribution in [-0.2, 0) is 28.5 Å². The summed E-state index contributed by atoms with van der Waals surface area (Å²) < 4.78 is 29.3. The Bertz CT molecular complexity index is 1480. The third kappa shape index (κ3) is 9.60. The molecule has 0 unspecified atom stereocenters. The standard InChI is InChI=1S/C28H44N8O10/c1-14(2)22(39)43-12-15-17(37)18(21(44-15)36-13-31-16-19(36)32-23(29)33-20(16)38)42-11-9-10-35(26(41)46-28(6,7)8)24(30)34-25(40)45-27(3,4)5/h13-15,17-18,21,37H,9-12H2,1-8H3,(H2,30,34,40)(H3,29,32,33,38)/t15-,17-,18-,21-/m1/s1. The molecule has 1 aliphatic heterocycles. The lowest BCUT2D eigenvalue weighted by Crippen LogP contribution is -2.50. The van der Waals surface area contributed by atoms with E-state index in [9.17, 15) is 24.3 Å². The van der Waals surface area contributed by atoms with Gasteiger partial charge in [0.1, 0.15) is 36.1 Å². The summed E-state index contributed by atoms with van der Waals surface area (Å²) in [6, 6.07) is 0. The number of nitrogens with one attached hydrogen (secondary N) is 3. The molecule has 0 radical (unpaired) electrons. The number of aromatic amines is 1. The van der Waals surface area contributed by atoms with Gasteiger partial charge < -0.3 is 34.5 Å². The van der Waals surface area contributed by atoms with Crippen molar-refractivity contribution in [3.63, 3.8) is 0 Å². The highest BCUT2D eigenvalue weighted by atomic mass is 16.6. The maximum Gasteiger partial charge on any atom is 0.417 e. The number of esters is 1. The Hall–Kier alpha value is -4.29. The number of aliphatic hydroxyl groups is 1. The molecule has 18 heteroatoms. The van der Waals surface area contributed by atoms with E-state index in [1.807, 2.05) is 0 Å². The first kappa shape index (κ1) is 36.2. The third-order valence-electron chi connectivity index (χ3n) is 6.24. The van der Waals surface area contributed by atoms with E-state index in [4.69, 9.17) is 34.8 Å². The molecule has 2 amide bonds. The normalized spacial score (nSPS) is 20.0. The highest BCUT2D eigenvalue weighted by Gasteiger charge is 2.47. The van der Waals surface area contributed by atoms with E-state index >= 15 is 0 Å². The van der Waals surface area contributed by atoms with Crippen molar-refractivity contribution in [1.29, 1.82) is 5.41 Å². The van der Waals surface area contributed by atoms with Gasteiger partial charge >= 0.3 is 18.2 Å². The van der Waals surface area contributed by atoms with Crippen LogP contribution in [0.3, 0.4) is 0 Å². The van der Waals surface area contributed by atoms with Crippen LogP contribution in [-0.4, -0.2) is 103 Å². The molecule has 18 nitrogen and oxygen atoms in total. The molecule has 0 aromatic carbocycles. The summed E-state index contributed by atoms with van der Waals surface area (Å²) >= 11 is 0. The lowest BCUT2D eigenvalue weighted by molar-refractivity contribution is -0.153. The molecule has 1 aliphatic rings. The highest BCUT2D eigenvalue weighted by Crippen LogP contribution is 2.34. The second kappa shape index (κ2) is 14.4. The number of aromatic nitrogens is 4. The van der Waals surface area contributed by atoms with Crippen LogP contribution in [0.4, 0.5) is 15.5 Å². The minimum absolute atomic E-state index is 0.0234. The number of anilines is 1. The first-order chi connectivity index (χ1) is 21.3. The molecule has 3 rings (SSSR count). The predicted octanol–water partition coefficient (Wildman–Crippen LogP) is 1.63. The average molecular weight is 653 g/mol. The molecule has 2 aromatic rings. The molecule has 0 bridgehead atoms. The van der Waals surface area contributed by atoms with Gasteiger partial charge in [-0.3, -0.25) is 29.9 Å². The molecule has 3 heterocycles. The maximum atomic E-state index is 12.9. The number of nitrogens with zero attached hydrogens (tertiary/aromatic N) is 4. The van der Waals surface area contributed by atoms with Crippen molar-refractivity contribution < 1.29 is 43.2 Å². The van der Waals surface area contributed by atoms with Crippen molar-refractivity contribution in [3.05, 3.63) is 16.7 Å². The van der Waals surface area contributed by atoms with Crippen molar-refractivity contribution >= 4 is 41.2 Å². The number of hydrogen-bond donors (Lipinski definition) is 5. The Kier molecular flexibility index (Phi) is 11.3. The Labute approximate surface area is 265 Å². The Morgan fingerprint density at radius 2 is 1.85 bits per heavy atom. The van der Waals surface area contributed by atoms with Gasteiger partial charge in [-0.25, -0.2) is 19.5 Å². The van der Waals surface area contributed by atoms with Crippen LogP contribution in [0, 0.1) is 11.3 Å². The first-order valence-corrected chi connectivity index (χ1v) is 14.7. The molecule has 0 saturated carbocycles. The number of rotatable bonds is 9. The monoisotopic (exact) mass is 652 g/mol. The molecular weight excluding hydrogens is 608 g/mol. The van der Waals surface area contributed by atoms with Gasteiger partial charge in [0, 0.05) is 13.2 Å². The molecular formula is C28H44N8O10. The van der Waals surface area contributed by atoms with Crippen molar-refractivity contribution in [2.24, 2.45) is 5.92 Å². The summed E-state index contributed by atoms with van der Waals surface area (Å²) in [5.74, 6) is -1.64. The quantitative estimate of drug-likeness (QED) is 0.0851. The van der Waals surface area contributed by atoms with E-state index in [0.717, 1.165) is 4.90 Å². The number of H-pyrrole nitrogens is 1. The minimum atomic E-state index is -1.31. The topological polar surface area (TPSA) is 246 Å². The lowest BCUT2D eigenvalue weighted by Gasteiger charge is -2.28. The second-order valence-corrected chi connectivity index (χ2v) is 12.9. The van der Waals surface area contributed by atoms with Crippen LogP contribution < -0.4 is 16.6 Å². The molecule has 0 spiro atoms. The summed E-state index contributed by atoms with van der Waals surface area (Å²) in [6.45, 7) is 12.8. The van der Waals surface area contributed by atoms with Crippen LogP contribution in [0.1, 0.15) is 68.0 Å². The van der Waals surface area contributed by atoms with Gasteiger partial charge in [-0.1, -0.05) is 13.8 Å². The van der Waals surface area contributed by atoms with Gasteiger partial charge in [0.25, 0.3) is 5.56 Å². The van der Waals surface area contributed by atoms with E-state index in [-0.39, 0.29) is 43.3 Å². The molecule has 256 valence electrons. The van der Waals surface area contributed by atoms with E-state index in [0.29, 0.717) is 0 Å². The Morgan fingerprint density at radius 1 is 1.20 bits per heavy atom. The zero-order valence-electron chi connectivity index (χ0n) is 27.3. The molecule has 2 aromatic heterocycles. The number of hydrogen-bond acceptors (Lipinski definition) is 14. The van der Waals surface area contributed by atoms with Crippen molar-refractivity contribution in [2.75, 3.05) is 25.5 Å². The predicted molar refractivity (Wildman–Crippen MR) is 163 cm³/mol. The van der Waals surface area contributed by atoms with Gasteiger partial charge in [0.2, 0.25) is 11.9 Å². The summed E-state index contributed by atoms with van der Waals surface area (Å²) in [4.78, 5) is 61.2. The lowest BCUT2D eigenvalue weighted by atomic mass is 10.1. The number of imidazole rings is 1. The molecule has 46 heavy (non-hydrogen) atoms. The Balaban J connectivity index is 1.78. The Morgan fingerprint density at radius 3 is 2.46 bits per heavy atom. The number of carbonyl (C=O) groups excluding carboxylic acids is 3. The maximum absolute atomic E-state index is 12.9. The van der Waals surface area contributed by atoms with Crippen molar-refractivity contribution in [1.82, 2.24) is 29.7 Å². The molecule has 4 atom stereocenters. The number of ether oxygens (including phenoxy) is 5. The van der Waals surface area contributed by atoms with Crippen molar-refractivity contribution in [3.8, 4) is 0 Å². The largest absolute Gasteiger partial charge is 0.463 e. The van der Waals surface area contributed by atoms with Crippen LogP contribution in [0.25, 0.3) is 11.2 Å². The van der Waals surface area contributed by atoms with E-state index in [2.05, 4.69) is 20.3 Å². The van der Waals surface area contributed by atoms with Crippen molar-refractivity contribution in [2.45, 2.75) is 97.6 Å².